The SMILES string of the molecule is C=CCC(O)CC1(CC(C)OCOC)SCCCS1. The average Bonchev–Trinajstić information content (AvgIpc) is 2.37. The van der Waals surface area contributed by atoms with Gasteiger partial charge in [0, 0.05) is 7.11 Å². The zero-order chi connectivity index (χ0) is 14.1. The van der Waals surface area contributed by atoms with E-state index in [1.807, 2.05) is 23.5 Å². The van der Waals surface area contributed by atoms with E-state index < -0.39 is 0 Å². The van der Waals surface area contributed by atoms with E-state index >= 15 is 0 Å². The van der Waals surface area contributed by atoms with Gasteiger partial charge in [-0.2, -0.15) is 0 Å². The first-order chi connectivity index (χ1) is 9.12. The van der Waals surface area contributed by atoms with Crippen LogP contribution in [0.25, 0.3) is 0 Å². The summed E-state index contributed by atoms with van der Waals surface area (Å²) in [4.78, 5) is 0. The molecule has 0 spiro atoms. The molecule has 1 fully saturated rings. The molecule has 0 radical (unpaired) electrons. The maximum atomic E-state index is 10.1. The first-order valence-electron chi connectivity index (χ1n) is 6.79. The van der Waals surface area contributed by atoms with Crippen molar-refractivity contribution in [1.29, 1.82) is 0 Å². The first kappa shape index (κ1) is 17.4. The average molecular weight is 306 g/mol. The lowest BCUT2D eigenvalue weighted by atomic mass is 10.1. The molecule has 0 bridgehead atoms. The molecule has 0 aromatic heterocycles. The topological polar surface area (TPSA) is 38.7 Å². The molecule has 2 unspecified atom stereocenters. The molecule has 1 heterocycles. The van der Waals surface area contributed by atoms with Crippen molar-refractivity contribution in [3.05, 3.63) is 12.7 Å². The molecule has 1 aliphatic rings. The second kappa shape index (κ2) is 9.29. The summed E-state index contributed by atoms with van der Waals surface area (Å²) in [6, 6.07) is 0. The van der Waals surface area contributed by atoms with E-state index in [9.17, 15) is 5.11 Å². The summed E-state index contributed by atoms with van der Waals surface area (Å²) in [7, 11) is 1.64. The van der Waals surface area contributed by atoms with Crippen LogP contribution < -0.4 is 0 Å². The lowest BCUT2D eigenvalue weighted by Crippen LogP contribution is -2.34. The molecular weight excluding hydrogens is 280 g/mol. The molecule has 1 aliphatic heterocycles. The van der Waals surface area contributed by atoms with Crippen molar-refractivity contribution >= 4 is 23.5 Å². The predicted molar refractivity (Wildman–Crippen MR) is 84.7 cm³/mol. The van der Waals surface area contributed by atoms with Gasteiger partial charge >= 0.3 is 0 Å². The monoisotopic (exact) mass is 306 g/mol. The second-order valence-electron chi connectivity index (χ2n) is 4.93. The van der Waals surface area contributed by atoms with Gasteiger partial charge in [0.1, 0.15) is 6.79 Å². The lowest BCUT2D eigenvalue weighted by Gasteiger charge is -2.39. The van der Waals surface area contributed by atoms with Crippen LogP contribution in [0.15, 0.2) is 12.7 Å². The number of aliphatic hydroxyl groups excluding tert-OH is 1. The van der Waals surface area contributed by atoms with Crippen LogP contribution in [0.4, 0.5) is 0 Å². The molecule has 0 amide bonds. The Kier molecular flexibility index (Phi) is 8.50. The lowest BCUT2D eigenvalue weighted by molar-refractivity contribution is -0.0687. The smallest absolute Gasteiger partial charge is 0.146 e. The van der Waals surface area contributed by atoms with Crippen LogP contribution in [0, 0.1) is 0 Å². The van der Waals surface area contributed by atoms with E-state index in [2.05, 4.69) is 13.5 Å². The van der Waals surface area contributed by atoms with E-state index in [1.54, 1.807) is 13.2 Å². The number of aliphatic hydroxyl groups is 1. The summed E-state index contributed by atoms with van der Waals surface area (Å²) in [5.41, 5.74) is 0. The summed E-state index contributed by atoms with van der Waals surface area (Å²) in [6.07, 6.45) is 5.30. The Hall–Kier alpha value is 0.320. The largest absolute Gasteiger partial charge is 0.393 e. The van der Waals surface area contributed by atoms with Crippen molar-refractivity contribution in [2.45, 2.75) is 48.9 Å². The van der Waals surface area contributed by atoms with Gasteiger partial charge in [-0.05, 0) is 44.1 Å². The molecular formula is C14H26O3S2. The number of thioether (sulfide) groups is 2. The maximum absolute atomic E-state index is 10.1. The summed E-state index contributed by atoms with van der Waals surface area (Å²) < 4.78 is 10.6. The molecule has 1 saturated heterocycles. The van der Waals surface area contributed by atoms with Gasteiger partial charge in [-0.15, -0.1) is 30.1 Å². The third kappa shape index (κ3) is 6.54. The minimum atomic E-state index is -0.301. The first-order valence-corrected chi connectivity index (χ1v) is 8.76. The van der Waals surface area contributed by atoms with Gasteiger partial charge in [0.2, 0.25) is 0 Å². The van der Waals surface area contributed by atoms with E-state index in [1.165, 1.54) is 17.9 Å². The van der Waals surface area contributed by atoms with Gasteiger partial charge in [0.25, 0.3) is 0 Å². The Morgan fingerprint density at radius 3 is 2.63 bits per heavy atom. The normalized spacial score (nSPS) is 21.8. The molecule has 1 N–H and O–H groups in total. The third-order valence-corrected chi connectivity index (χ3v) is 6.48. The highest BCUT2D eigenvalue weighted by atomic mass is 32.2. The molecule has 0 saturated carbocycles. The van der Waals surface area contributed by atoms with Crippen LogP contribution >= 0.6 is 23.5 Å². The van der Waals surface area contributed by atoms with Crippen LogP contribution in [-0.4, -0.2) is 46.8 Å². The van der Waals surface area contributed by atoms with E-state index in [0.29, 0.717) is 13.2 Å². The van der Waals surface area contributed by atoms with Gasteiger partial charge in [-0.25, -0.2) is 0 Å². The molecule has 1 rings (SSSR count). The molecule has 0 aromatic carbocycles. The standard InChI is InChI=1S/C14H26O3S2/c1-4-6-13(15)10-14(18-7-5-8-19-14)9-12(2)17-11-16-3/h4,12-13,15H,1,5-11H2,2-3H3. The third-order valence-electron chi connectivity index (χ3n) is 3.07. The van der Waals surface area contributed by atoms with Crippen molar-refractivity contribution in [2.24, 2.45) is 0 Å². The molecule has 112 valence electrons. The molecule has 19 heavy (non-hydrogen) atoms. The minimum absolute atomic E-state index is 0.0772. The highest BCUT2D eigenvalue weighted by Gasteiger charge is 2.37. The van der Waals surface area contributed by atoms with Gasteiger partial charge in [-0.1, -0.05) is 6.08 Å². The molecule has 2 atom stereocenters. The van der Waals surface area contributed by atoms with Crippen LogP contribution in [0.2, 0.25) is 0 Å². The fraction of sp³-hybridized carbons (Fsp3) is 0.857. The van der Waals surface area contributed by atoms with Crippen LogP contribution in [0.5, 0.6) is 0 Å². The number of hydrogen-bond acceptors (Lipinski definition) is 5. The second-order valence-corrected chi connectivity index (χ2v) is 8.15. The van der Waals surface area contributed by atoms with Gasteiger partial charge in [0.05, 0.1) is 16.3 Å². The van der Waals surface area contributed by atoms with Crippen molar-refractivity contribution in [3.8, 4) is 0 Å². The molecule has 0 aliphatic carbocycles. The Morgan fingerprint density at radius 2 is 2.05 bits per heavy atom. The Balaban J connectivity index is 2.55. The van der Waals surface area contributed by atoms with E-state index in [-0.39, 0.29) is 16.3 Å². The van der Waals surface area contributed by atoms with Gasteiger partial charge in [-0.3, -0.25) is 0 Å². The van der Waals surface area contributed by atoms with Crippen LogP contribution in [0.3, 0.4) is 0 Å². The highest BCUT2D eigenvalue weighted by Crippen LogP contribution is 2.49. The summed E-state index contributed by atoms with van der Waals surface area (Å²) in [5, 5.41) is 10.1. The fourth-order valence-electron chi connectivity index (χ4n) is 2.25. The Morgan fingerprint density at radius 1 is 1.37 bits per heavy atom. The molecule has 0 aromatic rings. The fourth-order valence-corrected chi connectivity index (χ4v) is 5.91. The molecule has 5 heteroatoms. The maximum Gasteiger partial charge on any atom is 0.146 e. The zero-order valence-electron chi connectivity index (χ0n) is 12.0. The predicted octanol–water partition coefficient (Wildman–Crippen LogP) is 3.28. The van der Waals surface area contributed by atoms with E-state index in [0.717, 1.165) is 12.8 Å². The van der Waals surface area contributed by atoms with Crippen molar-refractivity contribution in [1.82, 2.24) is 0 Å². The summed E-state index contributed by atoms with van der Waals surface area (Å²) in [5.74, 6) is 2.34. The number of methoxy groups -OCH3 is 1. The highest BCUT2D eigenvalue weighted by molar-refractivity contribution is 8.18. The zero-order valence-corrected chi connectivity index (χ0v) is 13.6. The Bertz CT molecular complexity index is 255. The van der Waals surface area contributed by atoms with Gasteiger partial charge < -0.3 is 14.6 Å². The number of ether oxygens (including phenoxy) is 2. The van der Waals surface area contributed by atoms with Crippen LogP contribution in [0.1, 0.15) is 32.6 Å². The van der Waals surface area contributed by atoms with E-state index in [4.69, 9.17) is 9.47 Å². The van der Waals surface area contributed by atoms with Crippen molar-refractivity contribution in [3.63, 3.8) is 0 Å². The molecule has 3 nitrogen and oxygen atoms in total. The Labute approximate surface area is 125 Å². The van der Waals surface area contributed by atoms with Crippen molar-refractivity contribution < 1.29 is 14.6 Å². The number of hydrogen-bond donors (Lipinski definition) is 1. The minimum Gasteiger partial charge on any atom is -0.393 e. The van der Waals surface area contributed by atoms with Gasteiger partial charge in [0.15, 0.2) is 0 Å². The number of rotatable bonds is 9. The summed E-state index contributed by atoms with van der Waals surface area (Å²) in [6.45, 7) is 6.12. The van der Waals surface area contributed by atoms with Crippen LogP contribution in [-0.2, 0) is 9.47 Å². The van der Waals surface area contributed by atoms with Crippen molar-refractivity contribution in [2.75, 3.05) is 25.4 Å². The quantitative estimate of drug-likeness (QED) is 0.523. The summed E-state index contributed by atoms with van der Waals surface area (Å²) >= 11 is 3.95.